The zero-order chi connectivity index (χ0) is 20.1. The van der Waals surface area contributed by atoms with Gasteiger partial charge in [0.2, 0.25) is 5.95 Å². The van der Waals surface area contributed by atoms with Crippen molar-refractivity contribution in [2.24, 2.45) is 0 Å². The molecule has 8 heteroatoms. The number of amides is 1. The van der Waals surface area contributed by atoms with E-state index in [1.54, 1.807) is 0 Å². The molecule has 0 aliphatic carbocycles. The van der Waals surface area contributed by atoms with Crippen molar-refractivity contribution in [3.8, 4) is 0 Å². The van der Waals surface area contributed by atoms with Crippen molar-refractivity contribution in [3.63, 3.8) is 0 Å². The zero-order valence-corrected chi connectivity index (χ0v) is 15.0. The molecule has 3 rings (SSSR count). The number of nitrogens with one attached hydrogen (secondary N) is 1. The number of halogens is 3. The summed E-state index contributed by atoms with van der Waals surface area (Å²) in [6, 6.07) is 11.5. The average molecular weight is 386 g/mol. The van der Waals surface area contributed by atoms with Gasteiger partial charge in [-0.15, -0.1) is 0 Å². The third-order valence-electron chi connectivity index (χ3n) is 4.06. The fourth-order valence-electron chi connectivity index (χ4n) is 2.55. The van der Waals surface area contributed by atoms with Gasteiger partial charge in [0.1, 0.15) is 0 Å². The van der Waals surface area contributed by atoms with Crippen molar-refractivity contribution in [2.75, 3.05) is 16.8 Å². The molecular formula is C20H17F3N4O. The number of carbonyl (C=O) groups excluding carboxylic acids is 1. The third kappa shape index (κ3) is 4.28. The van der Waals surface area contributed by atoms with Crippen LogP contribution in [-0.2, 0) is 6.54 Å². The molecule has 1 heterocycles. The number of carbonyl (C=O) groups is 1. The molecule has 3 aromatic rings. The summed E-state index contributed by atoms with van der Waals surface area (Å²) in [5.74, 6) is -4.75. The van der Waals surface area contributed by atoms with Crippen LogP contribution in [0.15, 0.2) is 54.9 Å². The van der Waals surface area contributed by atoms with E-state index in [4.69, 9.17) is 0 Å². The fourth-order valence-corrected chi connectivity index (χ4v) is 2.55. The number of nitrogens with zero attached hydrogens (tertiary/aromatic N) is 3. The molecule has 0 aliphatic rings. The molecule has 5 nitrogen and oxygen atoms in total. The number of hydrogen-bond acceptors (Lipinski definition) is 4. The number of benzene rings is 2. The van der Waals surface area contributed by atoms with Crippen molar-refractivity contribution < 1.29 is 18.0 Å². The van der Waals surface area contributed by atoms with E-state index in [0.717, 1.165) is 17.7 Å². The maximum Gasteiger partial charge on any atom is 0.258 e. The van der Waals surface area contributed by atoms with Crippen LogP contribution in [0.4, 0.5) is 24.8 Å². The van der Waals surface area contributed by atoms with Crippen LogP contribution in [0, 0.1) is 17.5 Å². The summed E-state index contributed by atoms with van der Waals surface area (Å²) in [5.41, 5.74) is 0.680. The van der Waals surface area contributed by atoms with Crippen LogP contribution in [0.2, 0.25) is 0 Å². The van der Waals surface area contributed by atoms with Gasteiger partial charge in [0.05, 0.1) is 11.3 Å². The van der Waals surface area contributed by atoms with Gasteiger partial charge in [-0.05, 0) is 24.6 Å². The molecule has 0 unspecified atom stereocenters. The fraction of sp³-hybridized carbons (Fsp3) is 0.150. The quantitative estimate of drug-likeness (QED) is 0.646. The van der Waals surface area contributed by atoms with E-state index in [9.17, 15) is 18.0 Å². The summed E-state index contributed by atoms with van der Waals surface area (Å²) >= 11 is 0. The second kappa shape index (κ2) is 8.51. The highest BCUT2D eigenvalue weighted by molar-refractivity contribution is 6.03. The maximum atomic E-state index is 13.7. The van der Waals surface area contributed by atoms with Gasteiger partial charge in [0, 0.05) is 25.5 Å². The van der Waals surface area contributed by atoms with Crippen molar-refractivity contribution in [1.29, 1.82) is 0 Å². The molecule has 0 saturated heterocycles. The lowest BCUT2D eigenvalue weighted by Gasteiger charge is -2.20. The number of rotatable bonds is 6. The van der Waals surface area contributed by atoms with E-state index in [2.05, 4.69) is 15.3 Å². The van der Waals surface area contributed by atoms with E-state index in [-0.39, 0.29) is 5.56 Å². The third-order valence-corrected chi connectivity index (χ3v) is 4.06. The molecule has 2 aromatic carbocycles. The predicted molar refractivity (Wildman–Crippen MR) is 99.5 cm³/mol. The highest BCUT2D eigenvalue weighted by atomic mass is 19.2. The Balaban J connectivity index is 1.72. The molecule has 0 radical (unpaired) electrons. The SMILES string of the molecule is CCN(Cc1ccccc1)c1ncc(C(=O)Nc2ccc(F)c(F)c2F)cn1. The van der Waals surface area contributed by atoms with Crippen LogP contribution < -0.4 is 10.2 Å². The van der Waals surface area contributed by atoms with E-state index in [1.807, 2.05) is 42.2 Å². The Bertz CT molecular complexity index is 965. The van der Waals surface area contributed by atoms with Crippen LogP contribution in [0.1, 0.15) is 22.8 Å². The van der Waals surface area contributed by atoms with Crippen LogP contribution in [0.5, 0.6) is 0 Å². The van der Waals surface area contributed by atoms with Gasteiger partial charge in [0.15, 0.2) is 17.5 Å². The molecule has 0 spiro atoms. The summed E-state index contributed by atoms with van der Waals surface area (Å²) in [5, 5.41) is 2.18. The Labute approximate surface area is 159 Å². The predicted octanol–water partition coefficient (Wildman–Crippen LogP) is 4.17. The maximum absolute atomic E-state index is 13.7. The van der Waals surface area contributed by atoms with Crippen molar-refractivity contribution in [2.45, 2.75) is 13.5 Å². The lowest BCUT2D eigenvalue weighted by Crippen LogP contribution is -2.24. The Morgan fingerprint density at radius 1 is 1.00 bits per heavy atom. The number of anilines is 2. The Kier molecular flexibility index (Phi) is 5.88. The van der Waals surface area contributed by atoms with E-state index in [0.29, 0.717) is 19.0 Å². The molecule has 1 amide bonds. The number of hydrogen-bond donors (Lipinski definition) is 1. The Morgan fingerprint density at radius 3 is 2.32 bits per heavy atom. The highest BCUT2D eigenvalue weighted by Crippen LogP contribution is 2.20. The molecule has 1 aromatic heterocycles. The topological polar surface area (TPSA) is 58.1 Å². The molecular weight excluding hydrogens is 369 g/mol. The highest BCUT2D eigenvalue weighted by Gasteiger charge is 2.17. The zero-order valence-electron chi connectivity index (χ0n) is 15.0. The van der Waals surface area contributed by atoms with Crippen molar-refractivity contribution in [1.82, 2.24) is 9.97 Å². The smallest absolute Gasteiger partial charge is 0.258 e. The Morgan fingerprint density at radius 2 is 1.68 bits per heavy atom. The van der Waals surface area contributed by atoms with Crippen LogP contribution in [0.25, 0.3) is 0 Å². The van der Waals surface area contributed by atoms with Gasteiger partial charge in [-0.3, -0.25) is 4.79 Å². The number of aromatic nitrogens is 2. The summed E-state index contributed by atoms with van der Waals surface area (Å²) in [6.07, 6.45) is 2.59. The van der Waals surface area contributed by atoms with Gasteiger partial charge in [0.25, 0.3) is 5.91 Å². The molecule has 0 atom stereocenters. The van der Waals surface area contributed by atoms with Gasteiger partial charge in [-0.1, -0.05) is 30.3 Å². The monoisotopic (exact) mass is 386 g/mol. The molecule has 144 valence electrons. The lowest BCUT2D eigenvalue weighted by atomic mass is 10.2. The first kappa shape index (κ1) is 19.3. The summed E-state index contributed by atoms with van der Waals surface area (Å²) in [4.78, 5) is 22.5. The molecule has 0 saturated carbocycles. The lowest BCUT2D eigenvalue weighted by molar-refractivity contribution is 0.102. The minimum Gasteiger partial charge on any atom is -0.337 e. The first-order valence-corrected chi connectivity index (χ1v) is 8.55. The normalized spacial score (nSPS) is 10.6. The second-order valence-electron chi connectivity index (χ2n) is 5.95. The van der Waals surface area contributed by atoms with Crippen molar-refractivity contribution in [3.05, 3.63) is 83.4 Å². The van der Waals surface area contributed by atoms with E-state index in [1.165, 1.54) is 12.4 Å². The van der Waals surface area contributed by atoms with Gasteiger partial charge >= 0.3 is 0 Å². The first-order valence-electron chi connectivity index (χ1n) is 8.55. The Hall–Kier alpha value is -3.42. The minimum absolute atomic E-state index is 0.0589. The second-order valence-corrected chi connectivity index (χ2v) is 5.95. The molecule has 0 bridgehead atoms. The van der Waals surface area contributed by atoms with Gasteiger partial charge in [-0.2, -0.15) is 0 Å². The minimum atomic E-state index is -1.65. The summed E-state index contributed by atoms with van der Waals surface area (Å²) in [6.45, 7) is 3.21. The molecule has 0 aliphatic heterocycles. The molecule has 28 heavy (non-hydrogen) atoms. The van der Waals surface area contributed by atoms with E-state index < -0.39 is 29.0 Å². The molecule has 1 N–H and O–H groups in total. The average Bonchev–Trinajstić information content (AvgIpc) is 2.73. The van der Waals surface area contributed by atoms with Crippen LogP contribution >= 0.6 is 0 Å². The van der Waals surface area contributed by atoms with Crippen LogP contribution in [0.3, 0.4) is 0 Å². The largest absolute Gasteiger partial charge is 0.337 e. The summed E-state index contributed by atoms with van der Waals surface area (Å²) in [7, 11) is 0. The van der Waals surface area contributed by atoms with E-state index >= 15 is 0 Å². The van der Waals surface area contributed by atoms with Gasteiger partial charge in [-0.25, -0.2) is 23.1 Å². The standard InChI is InChI=1S/C20H17F3N4O/c1-2-27(12-13-6-4-3-5-7-13)20-24-10-14(11-25-20)19(28)26-16-9-8-15(21)17(22)18(16)23/h3-11H,2,12H2,1H3,(H,26,28). The van der Waals surface area contributed by atoms with Crippen molar-refractivity contribution >= 4 is 17.5 Å². The first-order chi connectivity index (χ1) is 13.5. The molecule has 0 fully saturated rings. The summed E-state index contributed by atoms with van der Waals surface area (Å²) < 4.78 is 39.9. The van der Waals surface area contributed by atoms with Gasteiger partial charge < -0.3 is 10.2 Å². The van der Waals surface area contributed by atoms with Crippen LogP contribution in [-0.4, -0.2) is 22.4 Å².